The fraction of sp³-hybridized carbons (Fsp3) is 0.400. The normalized spacial score (nSPS) is 10.6. The number of nitrogens with one attached hydrogen (secondary N) is 2. The van der Waals surface area contributed by atoms with Crippen LogP contribution in [0.1, 0.15) is 18.9 Å². The third-order valence-electron chi connectivity index (χ3n) is 3.69. The molecule has 0 spiro atoms. The summed E-state index contributed by atoms with van der Waals surface area (Å²) in [4.78, 5) is 8.51. The molecule has 28 heavy (non-hydrogen) atoms. The molecule has 154 valence electrons. The third kappa shape index (κ3) is 8.20. The van der Waals surface area contributed by atoms with Gasteiger partial charge in [-0.15, -0.1) is 24.0 Å². The first kappa shape index (κ1) is 23.8. The van der Waals surface area contributed by atoms with Gasteiger partial charge in [-0.1, -0.05) is 13.0 Å². The van der Waals surface area contributed by atoms with E-state index < -0.39 is 0 Å². The van der Waals surface area contributed by atoms with Crippen LogP contribution in [-0.2, 0) is 6.54 Å². The van der Waals surface area contributed by atoms with E-state index in [0.29, 0.717) is 38.1 Å². The standard InChI is InChI=1S/C20H28N4O3.HI/c1-4-13-27-19-16(6-5-11-22-19)15-24-20(21-2)23-12-14-26-18-9-7-17(25-3)8-10-18;/h5-11H,4,12-15H2,1-3H3,(H2,21,23,24);1H. The predicted octanol–water partition coefficient (Wildman–Crippen LogP) is 3.24. The summed E-state index contributed by atoms with van der Waals surface area (Å²) in [6.07, 6.45) is 2.68. The quantitative estimate of drug-likeness (QED) is 0.226. The Hall–Kier alpha value is -2.23. The minimum Gasteiger partial charge on any atom is -0.497 e. The second kappa shape index (κ2) is 13.9. The van der Waals surface area contributed by atoms with Crippen molar-refractivity contribution in [3.8, 4) is 17.4 Å². The van der Waals surface area contributed by atoms with E-state index in [4.69, 9.17) is 14.2 Å². The maximum Gasteiger partial charge on any atom is 0.218 e. The SMILES string of the molecule is CCCOc1ncccc1CNC(=NC)NCCOc1ccc(OC)cc1.I. The number of pyridine rings is 1. The van der Waals surface area contributed by atoms with E-state index in [1.165, 1.54) is 0 Å². The molecule has 1 aromatic heterocycles. The van der Waals surface area contributed by atoms with E-state index in [0.717, 1.165) is 23.5 Å². The Bertz CT molecular complexity index is 711. The van der Waals surface area contributed by atoms with Crippen LogP contribution in [0.2, 0.25) is 0 Å². The molecule has 0 saturated heterocycles. The summed E-state index contributed by atoms with van der Waals surface area (Å²) in [5.41, 5.74) is 0.989. The third-order valence-corrected chi connectivity index (χ3v) is 3.69. The van der Waals surface area contributed by atoms with E-state index in [-0.39, 0.29) is 24.0 Å². The van der Waals surface area contributed by atoms with E-state index >= 15 is 0 Å². The maximum atomic E-state index is 5.70. The lowest BCUT2D eigenvalue weighted by molar-refractivity contribution is 0.301. The minimum absolute atomic E-state index is 0. The van der Waals surface area contributed by atoms with Crippen molar-refractivity contribution in [2.24, 2.45) is 4.99 Å². The second-order valence-electron chi connectivity index (χ2n) is 5.69. The Labute approximate surface area is 183 Å². The number of hydrogen-bond acceptors (Lipinski definition) is 5. The van der Waals surface area contributed by atoms with Crippen molar-refractivity contribution >= 4 is 29.9 Å². The van der Waals surface area contributed by atoms with Crippen molar-refractivity contribution in [1.82, 2.24) is 15.6 Å². The van der Waals surface area contributed by atoms with Gasteiger partial charge < -0.3 is 24.8 Å². The zero-order valence-electron chi connectivity index (χ0n) is 16.6. The highest BCUT2D eigenvalue weighted by molar-refractivity contribution is 14.0. The first-order valence-electron chi connectivity index (χ1n) is 9.05. The molecular formula is C20H29IN4O3. The highest BCUT2D eigenvalue weighted by atomic mass is 127. The molecule has 0 aliphatic rings. The smallest absolute Gasteiger partial charge is 0.218 e. The Morgan fingerprint density at radius 2 is 1.79 bits per heavy atom. The number of halogens is 1. The fourth-order valence-electron chi connectivity index (χ4n) is 2.30. The van der Waals surface area contributed by atoms with Crippen LogP contribution in [0.25, 0.3) is 0 Å². The van der Waals surface area contributed by atoms with E-state index in [9.17, 15) is 0 Å². The van der Waals surface area contributed by atoms with Crippen LogP contribution in [0, 0.1) is 0 Å². The number of aromatic nitrogens is 1. The van der Waals surface area contributed by atoms with Crippen molar-refractivity contribution in [2.45, 2.75) is 19.9 Å². The number of methoxy groups -OCH3 is 1. The number of benzene rings is 1. The van der Waals surface area contributed by atoms with Gasteiger partial charge in [-0.3, -0.25) is 4.99 Å². The predicted molar refractivity (Wildman–Crippen MR) is 122 cm³/mol. The molecule has 0 aliphatic carbocycles. The molecule has 0 radical (unpaired) electrons. The summed E-state index contributed by atoms with van der Waals surface area (Å²) in [6.45, 7) is 4.44. The molecule has 8 heteroatoms. The molecule has 2 rings (SSSR count). The summed E-state index contributed by atoms with van der Waals surface area (Å²) in [5, 5.41) is 6.49. The zero-order chi connectivity index (χ0) is 19.3. The van der Waals surface area contributed by atoms with Gasteiger partial charge in [-0.05, 0) is 36.8 Å². The average molecular weight is 500 g/mol. The van der Waals surface area contributed by atoms with Crippen molar-refractivity contribution in [2.75, 3.05) is 33.9 Å². The topological polar surface area (TPSA) is 77.0 Å². The van der Waals surface area contributed by atoms with Gasteiger partial charge in [0, 0.05) is 25.4 Å². The number of aliphatic imine (C=N–C) groups is 1. The highest BCUT2D eigenvalue weighted by Crippen LogP contribution is 2.16. The van der Waals surface area contributed by atoms with Crippen molar-refractivity contribution in [3.05, 3.63) is 48.2 Å². The molecule has 2 aromatic rings. The Morgan fingerprint density at radius 3 is 2.46 bits per heavy atom. The summed E-state index contributed by atoms with van der Waals surface area (Å²) in [7, 11) is 3.38. The summed E-state index contributed by atoms with van der Waals surface area (Å²) in [6, 6.07) is 11.4. The Kier molecular flexibility index (Phi) is 11.8. The number of rotatable bonds is 10. The molecule has 0 fully saturated rings. The molecule has 2 N–H and O–H groups in total. The van der Waals surface area contributed by atoms with Gasteiger partial charge in [0.25, 0.3) is 0 Å². The van der Waals surface area contributed by atoms with Crippen LogP contribution in [0.4, 0.5) is 0 Å². The molecule has 7 nitrogen and oxygen atoms in total. The van der Waals surface area contributed by atoms with Gasteiger partial charge >= 0.3 is 0 Å². The number of guanidine groups is 1. The van der Waals surface area contributed by atoms with Gasteiger partial charge in [0.05, 0.1) is 20.3 Å². The first-order chi connectivity index (χ1) is 13.3. The highest BCUT2D eigenvalue weighted by Gasteiger charge is 2.05. The van der Waals surface area contributed by atoms with E-state index in [2.05, 4.69) is 27.5 Å². The van der Waals surface area contributed by atoms with Crippen LogP contribution in [0.5, 0.6) is 17.4 Å². The van der Waals surface area contributed by atoms with Gasteiger partial charge in [0.15, 0.2) is 5.96 Å². The summed E-state index contributed by atoms with van der Waals surface area (Å²) in [5.74, 6) is 2.96. The molecule has 0 amide bonds. The van der Waals surface area contributed by atoms with Gasteiger partial charge in [-0.2, -0.15) is 0 Å². The van der Waals surface area contributed by atoms with Gasteiger partial charge in [0.2, 0.25) is 5.88 Å². The van der Waals surface area contributed by atoms with Crippen molar-refractivity contribution in [1.29, 1.82) is 0 Å². The Balaban J connectivity index is 0.00000392. The zero-order valence-corrected chi connectivity index (χ0v) is 18.9. The molecule has 0 bridgehead atoms. The van der Waals surface area contributed by atoms with Crippen LogP contribution >= 0.6 is 24.0 Å². The summed E-state index contributed by atoms with van der Waals surface area (Å²) < 4.78 is 16.5. The fourth-order valence-corrected chi connectivity index (χ4v) is 2.30. The largest absolute Gasteiger partial charge is 0.497 e. The number of nitrogens with zero attached hydrogens (tertiary/aromatic N) is 2. The van der Waals surface area contributed by atoms with E-state index in [1.807, 2.05) is 36.4 Å². The summed E-state index contributed by atoms with van der Waals surface area (Å²) >= 11 is 0. The molecule has 0 unspecified atom stereocenters. The second-order valence-corrected chi connectivity index (χ2v) is 5.69. The lowest BCUT2D eigenvalue weighted by atomic mass is 10.2. The van der Waals surface area contributed by atoms with Crippen LogP contribution < -0.4 is 24.8 Å². The Morgan fingerprint density at radius 1 is 1.04 bits per heavy atom. The molecule has 0 atom stereocenters. The monoisotopic (exact) mass is 500 g/mol. The first-order valence-corrected chi connectivity index (χ1v) is 9.05. The van der Waals surface area contributed by atoms with Crippen molar-refractivity contribution < 1.29 is 14.2 Å². The average Bonchev–Trinajstić information content (AvgIpc) is 2.72. The van der Waals surface area contributed by atoms with Gasteiger partial charge in [-0.25, -0.2) is 4.98 Å². The lowest BCUT2D eigenvalue weighted by Crippen LogP contribution is -2.39. The molecule has 1 heterocycles. The molecule has 0 aliphatic heterocycles. The lowest BCUT2D eigenvalue weighted by Gasteiger charge is -2.14. The van der Waals surface area contributed by atoms with Crippen LogP contribution in [0.15, 0.2) is 47.6 Å². The van der Waals surface area contributed by atoms with Crippen LogP contribution in [0.3, 0.4) is 0 Å². The minimum atomic E-state index is 0. The maximum absolute atomic E-state index is 5.70. The van der Waals surface area contributed by atoms with Crippen LogP contribution in [-0.4, -0.2) is 44.9 Å². The van der Waals surface area contributed by atoms with Gasteiger partial charge in [0.1, 0.15) is 18.1 Å². The number of ether oxygens (including phenoxy) is 3. The molecule has 0 saturated carbocycles. The molecular weight excluding hydrogens is 471 g/mol. The molecule has 1 aromatic carbocycles. The number of hydrogen-bond donors (Lipinski definition) is 2. The van der Waals surface area contributed by atoms with Crippen molar-refractivity contribution in [3.63, 3.8) is 0 Å². The van der Waals surface area contributed by atoms with E-state index in [1.54, 1.807) is 20.4 Å².